The minimum Gasteiger partial charge on any atom is -0.0622 e. The van der Waals surface area contributed by atoms with Gasteiger partial charge in [-0.2, -0.15) is 9.90 Å². The Labute approximate surface area is 143 Å². The van der Waals surface area contributed by atoms with Crippen LogP contribution in [0.4, 0.5) is 0 Å². The van der Waals surface area contributed by atoms with Gasteiger partial charge in [-0.3, -0.25) is 0 Å². The van der Waals surface area contributed by atoms with Gasteiger partial charge in [0.1, 0.15) is 0 Å². The number of benzene rings is 2. The summed E-state index contributed by atoms with van der Waals surface area (Å²) in [7, 11) is 0. The van der Waals surface area contributed by atoms with Crippen LogP contribution in [0.25, 0.3) is 11.1 Å². The van der Waals surface area contributed by atoms with Crippen LogP contribution in [0, 0.1) is 0 Å². The Bertz CT molecular complexity index is 512. The van der Waals surface area contributed by atoms with Crippen LogP contribution in [-0.2, 0) is 14.4 Å². The van der Waals surface area contributed by atoms with Crippen molar-refractivity contribution in [3.63, 3.8) is 0 Å². The molecule has 0 aromatic heterocycles. The zero-order valence-corrected chi connectivity index (χ0v) is 15.4. The van der Waals surface area contributed by atoms with Crippen molar-refractivity contribution >= 4 is 22.3 Å². The molecule has 1 aliphatic carbocycles. The van der Waals surface area contributed by atoms with E-state index in [1.807, 2.05) is 12.1 Å². The van der Waals surface area contributed by atoms with E-state index in [0.29, 0.717) is 0 Å². The molecule has 0 saturated heterocycles. The Morgan fingerprint density at radius 1 is 0.810 bits per heavy atom. The molecule has 0 bridgehead atoms. The Morgan fingerprint density at radius 3 is 1.57 bits per heavy atom. The molecule has 0 saturated carbocycles. The smallest absolute Gasteiger partial charge is 0.0184 e. The molecule has 2 aromatic carbocycles. The maximum absolute atomic E-state index is 2.18. The maximum Gasteiger partial charge on any atom is -0.0184 e. The molecule has 2 aromatic rings. The molecule has 0 heterocycles. The molecular formula is C18H22ClNiP. The monoisotopic (exact) mass is 362 g/mol. The standard InChI is InChI=1S/C12H10.C5H5.CH3.ClH.Ni.H3P/c1-3-7-11(8-4-1)12-9-5-2-6-10-12;1-2-4-5-3-1;;;;/h1-10H;1-3H,4H2;1H3;1H;;1H3. The Balaban J connectivity index is 0.000000389. The topological polar surface area (TPSA) is 0 Å². The van der Waals surface area contributed by atoms with Gasteiger partial charge in [0.15, 0.2) is 0 Å². The van der Waals surface area contributed by atoms with E-state index < -0.39 is 0 Å². The third-order valence-corrected chi connectivity index (χ3v) is 3.79. The summed E-state index contributed by atoms with van der Waals surface area (Å²) in [6.45, 7) is 0. The van der Waals surface area contributed by atoms with Crippen molar-refractivity contribution in [3.05, 3.63) is 83.4 Å². The van der Waals surface area contributed by atoms with E-state index in [1.54, 1.807) is 14.4 Å². The molecule has 3 rings (SSSR count). The predicted octanol–water partition coefficient (Wildman–Crippen LogP) is 5.79. The summed E-state index contributed by atoms with van der Waals surface area (Å²) in [5, 5.41) is 0. The molecule has 21 heavy (non-hydrogen) atoms. The third-order valence-electron chi connectivity index (χ3n) is 2.79. The van der Waals surface area contributed by atoms with Crippen LogP contribution in [0.1, 0.15) is 6.42 Å². The van der Waals surface area contributed by atoms with Gasteiger partial charge >= 0.3 is 49.5 Å². The van der Waals surface area contributed by atoms with Gasteiger partial charge in [0.25, 0.3) is 0 Å². The molecule has 0 spiro atoms. The molecular weight excluding hydrogens is 341 g/mol. The molecule has 1 atom stereocenters. The molecule has 1 aliphatic rings. The maximum atomic E-state index is 2.18. The summed E-state index contributed by atoms with van der Waals surface area (Å²) in [6.07, 6.45) is 7.62. The fourth-order valence-corrected chi connectivity index (χ4v) is 2.36. The summed E-state index contributed by atoms with van der Waals surface area (Å²) < 4.78 is 1.49. The van der Waals surface area contributed by atoms with Crippen LogP contribution < -0.4 is 0 Å². The van der Waals surface area contributed by atoms with E-state index in [9.17, 15) is 0 Å². The van der Waals surface area contributed by atoms with Crippen molar-refractivity contribution in [1.29, 1.82) is 0 Å². The van der Waals surface area contributed by atoms with Gasteiger partial charge in [-0.15, -0.1) is 12.4 Å². The van der Waals surface area contributed by atoms with Crippen molar-refractivity contribution in [2.24, 2.45) is 0 Å². The first-order valence-electron chi connectivity index (χ1n) is 6.26. The van der Waals surface area contributed by atoms with E-state index in [2.05, 4.69) is 72.7 Å². The quantitative estimate of drug-likeness (QED) is 0.468. The van der Waals surface area contributed by atoms with Crippen LogP contribution in [0.5, 0.6) is 0 Å². The van der Waals surface area contributed by atoms with Crippen molar-refractivity contribution in [2.75, 3.05) is 0 Å². The normalized spacial score (nSPS) is 11.6. The van der Waals surface area contributed by atoms with Gasteiger partial charge in [0.2, 0.25) is 0 Å². The predicted molar refractivity (Wildman–Crippen MR) is 97.9 cm³/mol. The molecule has 0 aliphatic heterocycles. The fraction of sp³-hybridized carbons (Fsp3) is 0.111. The van der Waals surface area contributed by atoms with Crippen molar-refractivity contribution in [2.45, 2.75) is 12.3 Å². The fourth-order valence-electron chi connectivity index (χ4n) is 1.79. The second-order valence-electron chi connectivity index (χ2n) is 4.10. The van der Waals surface area contributed by atoms with Gasteiger partial charge in [-0.25, -0.2) is 0 Å². The summed E-state index contributed by atoms with van der Waals surface area (Å²) >= 11 is 1.68. The number of allylic oxidation sites excluding steroid dienone is 4. The summed E-state index contributed by atoms with van der Waals surface area (Å²) in [4.78, 5) is 0. The Hall–Kier alpha value is -0.866. The number of halogens is 1. The zero-order valence-electron chi connectivity index (χ0n) is 12.1. The molecule has 3 heteroatoms. The second kappa shape index (κ2) is 11.8. The van der Waals surface area contributed by atoms with E-state index >= 15 is 0 Å². The number of hydrogen-bond acceptors (Lipinski definition) is 0. The van der Waals surface area contributed by atoms with Crippen molar-refractivity contribution in [3.8, 4) is 11.1 Å². The average molecular weight is 363 g/mol. The summed E-state index contributed by atoms with van der Waals surface area (Å²) in [5.41, 5.74) is 2.55. The third kappa shape index (κ3) is 7.10. The number of rotatable bonds is 2. The molecule has 0 fully saturated rings. The van der Waals surface area contributed by atoms with Crippen LogP contribution in [0.2, 0.25) is 5.89 Å². The average Bonchev–Trinajstić information content (AvgIpc) is 3.03. The second-order valence-corrected chi connectivity index (χ2v) is 5.22. The van der Waals surface area contributed by atoms with E-state index in [4.69, 9.17) is 0 Å². The molecule has 1 unspecified atom stereocenters. The number of hydrogen-bond donors (Lipinski definition) is 0. The first-order chi connectivity index (χ1) is 9.40. The zero-order chi connectivity index (χ0) is 13.3. The van der Waals surface area contributed by atoms with E-state index in [0.717, 1.165) is 6.42 Å². The minimum atomic E-state index is 0. The van der Waals surface area contributed by atoms with Gasteiger partial charge in [0.05, 0.1) is 0 Å². The molecule has 0 N–H and O–H groups in total. The van der Waals surface area contributed by atoms with E-state index in [-0.39, 0.29) is 22.3 Å². The first-order valence-corrected chi connectivity index (χ1v) is 7.74. The van der Waals surface area contributed by atoms with Crippen LogP contribution in [-0.4, -0.2) is 0 Å². The van der Waals surface area contributed by atoms with Crippen LogP contribution in [0.3, 0.4) is 0 Å². The summed E-state index contributed by atoms with van der Waals surface area (Å²) in [6, 6.07) is 20.8. The van der Waals surface area contributed by atoms with Gasteiger partial charge in [-0.05, 0) is 11.1 Å². The molecule has 116 valence electrons. The SMILES string of the molecule is Cl.P.[CH3][Ni][C]1=CC=CC1.c1ccc(-c2ccccc2)cc1. The van der Waals surface area contributed by atoms with Gasteiger partial charge < -0.3 is 0 Å². The largest absolute Gasteiger partial charge is 0.0622 e. The molecule has 0 amide bonds. The van der Waals surface area contributed by atoms with Crippen LogP contribution in [0.15, 0.2) is 83.4 Å². The molecule has 0 radical (unpaired) electrons. The van der Waals surface area contributed by atoms with Crippen molar-refractivity contribution < 1.29 is 14.4 Å². The summed E-state index contributed by atoms with van der Waals surface area (Å²) in [5.74, 6) is 2.13. The minimum absolute atomic E-state index is 0. The Kier molecular flexibility index (Phi) is 11.3. The Morgan fingerprint density at radius 2 is 1.29 bits per heavy atom. The van der Waals surface area contributed by atoms with Gasteiger partial charge in [-0.1, -0.05) is 60.7 Å². The first kappa shape index (κ1) is 20.1. The molecule has 0 nitrogen and oxygen atoms in total. The van der Waals surface area contributed by atoms with Gasteiger partial charge in [0, 0.05) is 0 Å². The van der Waals surface area contributed by atoms with Crippen molar-refractivity contribution in [1.82, 2.24) is 0 Å². The van der Waals surface area contributed by atoms with E-state index in [1.165, 1.54) is 15.7 Å². The van der Waals surface area contributed by atoms with Crippen LogP contribution >= 0.6 is 22.3 Å².